The van der Waals surface area contributed by atoms with Crippen LogP contribution in [0, 0.1) is 6.92 Å². The summed E-state index contributed by atoms with van der Waals surface area (Å²) in [5.74, 6) is 1.65. The van der Waals surface area contributed by atoms with Crippen LogP contribution >= 0.6 is 0 Å². The zero-order valence-electron chi connectivity index (χ0n) is 15.1. The highest BCUT2D eigenvalue weighted by molar-refractivity contribution is 5.81. The summed E-state index contributed by atoms with van der Waals surface area (Å²) < 4.78 is 17.1. The quantitative estimate of drug-likeness (QED) is 0.438. The largest absolute Gasteiger partial charge is 0.493 e. The van der Waals surface area contributed by atoms with Crippen LogP contribution in [0.4, 0.5) is 0 Å². The number of nitrogens with zero attached hydrogens (tertiary/aromatic N) is 1. The van der Waals surface area contributed by atoms with Crippen LogP contribution in [0.5, 0.6) is 11.5 Å². The van der Waals surface area contributed by atoms with Crippen LogP contribution in [0.25, 0.3) is 0 Å². The molecule has 0 unspecified atom stereocenters. The molecular weight excluding hydrogens is 318 g/mol. The molecule has 0 aliphatic heterocycles. The van der Waals surface area contributed by atoms with E-state index in [1.807, 2.05) is 43.3 Å². The summed E-state index contributed by atoms with van der Waals surface area (Å²) in [5, 5.41) is 3.94. The summed E-state index contributed by atoms with van der Waals surface area (Å²) >= 11 is 0. The van der Waals surface area contributed by atoms with Gasteiger partial charge in [0, 0.05) is 12.6 Å². The normalized spacial score (nSPS) is 12.6. The molecule has 0 aliphatic rings. The molecule has 0 aromatic heterocycles. The third kappa shape index (κ3) is 4.64. The summed E-state index contributed by atoms with van der Waals surface area (Å²) in [6.45, 7) is 2.22. The lowest BCUT2D eigenvalue weighted by atomic mass is 9.98. The molecule has 0 saturated heterocycles. The topological polar surface area (TPSA) is 78.1 Å². The maximum Gasteiger partial charge on any atom is 0.166 e. The van der Waals surface area contributed by atoms with E-state index in [1.165, 1.54) is 0 Å². The van der Waals surface area contributed by atoms with Gasteiger partial charge in [0.25, 0.3) is 0 Å². The Labute approximate surface area is 148 Å². The molecule has 0 saturated carbocycles. The van der Waals surface area contributed by atoms with Gasteiger partial charge in [0.1, 0.15) is 18.5 Å². The molecule has 3 N–H and O–H groups in total. The van der Waals surface area contributed by atoms with Gasteiger partial charge >= 0.3 is 0 Å². The zero-order valence-corrected chi connectivity index (χ0v) is 15.1. The van der Waals surface area contributed by atoms with Crippen LogP contribution in [0.2, 0.25) is 0 Å². The second-order valence-corrected chi connectivity index (χ2v) is 5.51. The first kappa shape index (κ1) is 18.6. The van der Waals surface area contributed by atoms with Crippen molar-refractivity contribution in [2.24, 2.45) is 10.8 Å². The summed E-state index contributed by atoms with van der Waals surface area (Å²) in [5.41, 5.74) is 11.5. The van der Waals surface area contributed by atoms with Crippen LogP contribution in [0.3, 0.4) is 0 Å². The smallest absolute Gasteiger partial charge is 0.166 e. The summed E-state index contributed by atoms with van der Waals surface area (Å²) in [6, 6.07) is 13.9. The number of methoxy groups -OCH3 is 2. The number of ether oxygens (including phenoxy) is 3. The van der Waals surface area contributed by atoms with E-state index in [1.54, 1.807) is 21.3 Å². The molecule has 0 radical (unpaired) electrons. The zero-order chi connectivity index (χ0) is 18.2. The van der Waals surface area contributed by atoms with Gasteiger partial charge in [-0.25, -0.2) is 0 Å². The highest BCUT2D eigenvalue weighted by Gasteiger charge is 2.22. The molecule has 2 aromatic rings. The minimum absolute atomic E-state index is 0.180. The maximum atomic E-state index is 6.09. The molecule has 2 rings (SSSR count). The second kappa shape index (κ2) is 8.94. The molecule has 6 heteroatoms. The van der Waals surface area contributed by atoms with Gasteiger partial charge in [0.05, 0.1) is 14.2 Å². The van der Waals surface area contributed by atoms with E-state index in [2.05, 4.69) is 16.6 Å². The monoisotopic (exact) mass is 343 g/mol. The molecule has 0 bridgehead atoms. The number of amidine groups is 1. The number of nitrogens with two attached hydrogens (primary N) is 1. The number of nitrogens with one attached hydrogen (secondary N) is 1. The Bertz CT molecular complexity index is 732. The predicted molar refractivity (Wildman–Crippen MR) is 99.2 cm³/mol. The SMILES string of the molecule is CN/N=C(\N)CO[C@@H](c1cccc(C)c1)c1cccc(OC)c1OC. The lowest BCUT2D eigenvalue weighted by molar-refractivity contribution is 0.109. The maximum absolute atomic E-state index is 6.09. The third-order valence-corrected chi connectivity index (χ3v) is 3.71. The first-order chi connectivity index (χ1) is 12.1. The Kier molecular flexibility index (Phi) is 6.65. The van der Waals surface area contributed by atoms with Crippen molar-refractivity contribution in [2.45, 2.75) is 13.0 Å². The Balaban J connectivity index is 2.46. The lowest BCUT2D eigenvalue weighted by Crippen LogP contribution is -2.24. The Morgan fingerprint density at radius 1 is 1.16 bits per heavy atom. The van der Waals surface area contributed by atoms with Gasteiger partial charge in [-0.15, -0.1) is 0 Å². The van der Waals surface area contributed by atoms with Crippen LogP contribution < -0.4 is 20.6 Å². The van der Waals surface area contributed by atoms with E-state index in [0.29, 0.717) is 17.3 Å². The van der Waals surface area contributed by atoms with Gasteiger partial charge in [-0.2, -0.15) is 5.10 Å². The van der Waals surface area contributed by atoms with Gasteiger partial charge in [-0.3, -0.25) is 0 Å². The highest BCUT2D eigenvalue weighted by atomic mass is 16.5. The average Bonchev–Trinajstić information content (AvgIpc) is 2.62. The summed E-state index contributed by atoms with van der Waals surface area (Å²) in [6.07, 6.45) is -0.365. The van der Waals surface area contributed by atoms with Crippen molar-refractivity contribution in [3.63, 3.8) is 0 Å². The van der Waals surface area contributed by atoms with E-state index in [0.717, 1.165) is 16.7 Å². The number of aryl methyl sites for hydroxylation is 1. The van der Waals surface area contributed by atoms with Crippen LogP contribution in [0.1, 0.15) is 22.8 Å². The summed E-state index contributed by atoms with van der Waals surface area (Å²) in [7, 11) is 4.92. The Hall–Kier alpha value is -2.73. The number of hydrogen-bond acceptors (Lipinski definition) is 5. The minimum Gasteiger partial charge on any atom is -0.493 e. The second-order valence-electron chi connectivity index (χ2n) is 5.51. The molecule has 0 amide bonds. The van der Waals surface area contributed by atoms with Crippen molar-refractivity contribution >= 4 is 5.84 Å². The average molecular weight is 343 g/mol. The number of para-hydroxylation sites is 1. The molecular formula is C19H25N3O3. The molecule has 0 aliphatic carbocycles. The molecule has 6 nitrogen and oxygen atoms in total. The number of hydrogen-bond donors (Lipinski definition) is 2. The van der Waals surface area contributed by atoms with Crippen molar-refractivity contribution in [2.75, 3.05) is 27.9 Å². The van der Waals surface area contributed by atoms with Gasteiger partial charge in [0.2, 0.25) is 0 Å². The van der Waals surface area contributed by atoms with Crippen molar-refractivity contribution in [1.29, 1.82) is 0 Å². The van der Waals surface area contributed by atoms with Crippen molar-refractivity contribution in [3.05, 3.63) is 59.2 Å². The molecule has 134 valence electrons. The fraction of sp³-hybridized carbons (Fsp3) is 0.316. The number of hydrazone groups is 1. The van der Waals surface area contributed by atoms with Gasteiger partial charge in [0.15, 0.2) is 11.5 Å². The van der Waals surface area contributed by atoms with E-state index >= 15 is 0 Å². The van der Waals surface area contributed by atoms with Gasteiger partial charge in [-0.1, -0.05) is 42.0 Å². The standard InChI is InChI=1S/C19H25N3O3/c1-13-7-5-8-14(11-13)18(25-12-17(20)22-21-2)15-9-6-10-16(23-3)19(15)24-4/h5-11,18,21H,12H2,1-4H3,(H2,20,22)/t18-/m0/s1. The first-order valence-corrected chi connectivity index (χ1v) is 7.98. The van der Waals surface area contributed by atoms with Crippen molar-refractivity contribution < 1.29 is 14.2 Å². The number of rotatable bonds is 8. The van der Waals surface area contributed by atoms with Crippen LogP contribution in [-0.2, 0) is 4.74 Å². The Morgan fingerprint density at radius 2 is 1.92 bits per heavy atom. The highest BCUT2D eigenvalue weighted by Crippen LogP contribution is 2.39. The molecule has 0 heterocycles. The molecule has 1 atom stereocenters. The van der Waals surface area contributed by atoms with Crippen LogP contribution in [-0.4, -0.2) is 33.7 Å². The van der Waals surface area contributed by atoms with Crippen molar-refractivity contribution in [3.8, 4) is 11.5 Å². The number of benzene rings is 2. The van der Waals surface area contributed by atoms with E-state index in [9.17, 15) is 0 Å². The van der Waals surface area contributed by atoms with Gasteiger partial charge in [-0.05, 0) is 18.6 Å². The third-order valence-electron chi connectivity index (χ3n) is 3.71. The molecule has 25 heavy (non-hydrogen) atoms. The lowest BCUT2D eigenvalue weighted by Gasteiger charge is -2.22. The fourth-order valence-corrected chi connectivity index (χ4v) is 2.66. The first-order valence-electron chi connectivity index (χ1n) is 7.98. The summed E-state index contributed by atoms with van der Waals surface area (Å²) in [4.78, 5) is 0. The van der Waals surface area contributed by atoms with Crippen LogP contribution in [0.15, 0.2) is 47.6 Å². The Morgan fingerprint density at radius 3 is 2.56 bits per heavy atom. The molecule has 0 fully saturated rings. The minimum atomic E-state index is -0.365. The van der Waals surface area contributed by atoms with Crippen molar-refractivity contribution in [1.82, 2.24) is 5.43 Å². The predicted octanol–water partition coefficient (Wildman–Crippen LogP) is 2.61. The van der Waals surface area contributed by atoms with E-state index in [-0.39, 0.29) is 12.7 Å². The van der Waals surface area contributed by atoms with E-state index in [4.69, 9.17) is 19.9 Å². The fourth-order valence-electron chi connectivity index (χ4n) is 2.66. The van der Waals surface area contributed by atoms with E-state index < -0.39 is 0 Å². The molecule has 2 aromatic carbocycles. The molecule has 0 spiro atoms. The van der Waals surface area contributed by atoms with Gasteiger partial charge < -0.3 is 25.4 Å².